The van der Waals surface area contributed by atoms with Crippen LogP contribution in [0.15, 0.2) is 29.2 Å². The maximum absolute atomic E-state index is 11.5. The zero-order valence-corrected chi connectivity index (χ0v) is 12.1. The third kappa shape index (κ3) is 4.14. The second-order valence-electron chi connectivity index (χ2n) is 4.38. The van der Waals surface area contributed by atoms with E-state index in [0.717, 1.165) is 5.56 Å². The highest BCUT2D eigenvalue weighted by Gasteiger charge is 2.19. The highest BCUT2D eigenvalue weighted by Crippen LogP contribution is 2.12. The Kier molecular flexibility index (Phi) is 5.41. The van der Waals surface area contributed by atoms with E-state index in [0.29, 0.717) is 6.42 Å². The van der Waals surface area contributed by atoms with Gasteiger partial charge in [0.25, 0.3) is 0 Å². The van der Waals surface area contributed by atoms with Crippen molar-refractivity contribution in [1.29, 1.82) is 0 Å². The van der Waals surface area contributed by atoms with Gasteiger partial charge in [-0.2, -0.15) is 0 Å². The Bertz CT molecular complexity index is 592. The molecule has 20 heavy (non-hydrogen) atoms. The monoisotopic (exact) mass is 299 g/mol. The molecular formula is C13H17NO5S. The van der Waals surface area contributed by atoms with Gasteiger partial charge in [0.15, 0.2) is 0 Å². The Morgan fingerprint density at radius 1 is 1.25 bits per heavy atom. The van der Waals surface area contributed by atoms with Gasteiger partial charge >= 0.3 is 5.97 Å². The van der Waals surface area contributed by atoms with Gasteiger partial charge in [-0.1, -0.05) is 12.1 Å². The SMILES string of the molecule is CNS(=O)(=O)c1ccc(CCC(=O)C(C)C(=O)O)cc1. The molecule has 1 unspecified atom stereocenters. The molecule has 7 heteroatoms. The normalized spacial score (nSPS) is 12.9. The molecule has 0 fully saturated rings. The van der Waals surface area contributed by atoms with Crippen LogP contribution < -0.4 is 4.72 Å². The maximum atomic E-state index is 11.5. The van der Waals surface area contributed by atoms with Crippen LogP contribution >= 0.6 is 0 Å². The van der Waals surface area contributed by atoms with Crippen molar-refractivity contribution in [1.82, 2.24) is 4.72 Å². The van der Waals surface area contributed by atoms with Crippen LogP contribution in [0.3, 0.4) is 0 Å². The fourth-order valence-corrected chi connectivity index (χ4v) is 2.30. The highest BCUT2D eigenvalue weighted by molar-refractivity contribution is 7.89. The van der Waals surface area contributed by atoms with Gasteiger partial charge in [0.2, 0.25) is 10.0 Å². The van der Waals surface area contributed by atoms with E-state index in [2.05, 4.69) is 4.72 Å². The van der Waals surface area contributed by atoms with Gasteiger partial charge < -0.3 is 5.11 Å². The lowest BCUT2D eigenvalue weighted by atomic mass is 10.00. The molecular weight excluding hydrogens is 282 g/mol. The summed E-state index contributed by atoms with van der Waals surface area (Å²) in [7, 11) is -2.14. The van der Waals surface area contributed by atoms with Crippen molar-refractivity contribution >= 4 is 21.8 Å². The topological polar surface area (TPSA) is 101 Å². The molecule has 0 aromatic heterocycles. The van der Waals surface area contributed by atoms with Gasteiger partial charge in [0, 0.05) is 6.42 Å². The van der Waals surface area contributed by atoms with Gasteiger partial charge in [-0.05, 0) is 38.1 Å². The summed E-state index contributed by atoms with van der Waals surface area (Å²) in [5.74, 6) is -2.49. The summed E-state index contributed by atoms with van der Waals surface area (Å²) >= 11 is 0. The average molecular weight is 299 g/mol. The molecule has 6 nitrogen and oxygen atoms in total. The number of rotatable bonds is 7. The lowest BCUT2D eigenvalue weighted by Crippen LogP contribution is -2.20. The number of carbonyl (C=O) groups excluding carboxylic acids is 1. The summed E-state index contributed by atoms with van der Waals surface area (Å²) < 4.78 is 25.2. The van der Waals surface area contributed by atoms with Crippen molar-refractivity contribution in [3.8, 4) is 0 Å². The minimum Gasteiger partial charge on any atom is -0.481 e. The van der Waals surface area contributed by atoms with Crippen molar-refractivity contribution in [2.75, 3.05) is 7.05 Å². The maximum Gasteiger partial charge on any atom is 0.313 e. The number of aliphatic carboxylic acids is 1. The number of ketones is 1. The number of sulfonamides is 1. The summed E-state index contributed by atoms with van der Waals surface area (Å²) in [5.41, 5.74) is 0.783. The lowest BCUT2D eigenvalue weighted by molar-refractivity contribution is -0.145. The number of carbonyl (C=O) groups is 2. The molecule has 110 valence electrons. The Labute approximate surface area is 117 Å². The van der Waals surface area contributed by atoms with Crippen LogP contribution in [0.5, 0.6) is 0 Å². The van der Waals surface area contributed by atoms with E-state index in [4.69, 9.17) is 5.11 Å². The largest absolute Gasteiger partial charge is 0.481 e. The summed E-state index contributed by atoms with van der Waals surface area (Å²) in [5, 5.41) is 8.71. The number of nitrogens with one attached hydrogen (secondary N) is 1. The third-order valence-electron chi connectivity index (χ3n) is 3.02. The standard InChI is InChI=1S/C13H17NO5S/c1-9(13(16)17)12(15)8-5-10-3-6-11(7-4-10)20(18,19)14-2/h3-4,6-7,9,14H,5,8H2,1-2H3,(H,16,17). The predicted molar refractivity (Wildman–Crippen MR) is 72.8 cm³/mol. The van der Waals surface area contributed by atoms with Crippen molar-refractivity contribution < 1.29 is 23.1 Å². The molecule has 1 aromatic rings. The number of benzene rings is 1. The lowest BCUT2D eigenvalue weighted by Gasteiger charge is -2.06. The minimum atomic E-state index is -3.47. The smallest absolute Gasteiger partial charge is 0.313 e. The fourth-order valence-electron chi connectivity index (χ4n) is 1.57. The van der Waals surface area contributed by atoms with Crippen LogP contribution in [-0.2, 0) is 26.0 Å². The quantitative estimate of drug-likeness (QED) is 0.726. The molecule has 0 spiro atoms. The number of hydrogen-bond donors (Lipinski definition) is 2. The number of hydrogen-bond acceptors (Lipinski definition) is 4. The van der Waals surface area contributed by atoms with Gasteiger partial charge in [-0.15, -0.1) is 0 Å². The van der Waals surface area contributed by atoms with Crippen LogP contribution in [0.1, 0.15) is 18.9 Å². The summed E-state index contributed by atoms with van der Waals surface area (Å²) in [6.07, 6.45) is 0.502. The van der Waals surface area contributed by atoms with Crippen LogP contribution in [-0.4, -0.2) is 32.3 Å². The van der Waals surface area contributed by atoms with E-state index < -0.39 is 21.9 Å². The van der Waals surface area contributed by atoms with Crippen molar-refractivity contribution in [3.05, 3.63) is 29.8 Å². The first-order valence-corrected chi connectivity index (χ1v) is 7.54. The molecule has 0 bridgehead atoms. The Morgan fingerprint density at radius 3 is 2.25 bits per heavy atom. The molecule has 1 rings (SSSR count). The van der Waals surface area contributed by atoms with Crippen molar-refractivity contribution in [2.45, 2.75) is 24.7 Å². The van der Waals surface area contributed by atoms with E-state index in [9.17, 15) is 18.0 Å². The second kappa shape index (κ2) is 6.62. The number of aryl methyl sites for hydroxylation is 1. The minimum absolute atomic E-state index is 0.117. The molecule has 0 saturated heterocycles. The summed E-state index contributed by atoms with van der Waals surface area (Å²) in [6.45, 7) is 1.35. The second-order valence-corrected chi connectivity index (χ2v) is 6.26. The third-order valence-corrected chi connectivity index (χ3v) is 4.45. The average Bonchev–Trinajstić information content (AvgIpc) is 2.44. The van der Waals surface area contributed by atoms with Gasteiger partial charge in [-0.3, -0.25) is 9.59 Å². The van der Waals surface area contributed by atoms with E-state index >= 15 is 0 Å². The van der Waals surface area contributed by atoms with Crippen LogP contribution in [0.25, 0.3) is 0 Å². The van der Waals surface area contributed by atoms with E-state index in [1.165, 1.54) is 26.1 Å². The zero-order valence-electron chi connectivity index (χ0n) is 11.3. The Balaban J connectivity index is 2.68. The molecule has 1 atom stereocenters. The van der Waals surface area contributed by atoms with E-state index in [1.807, 2.05) is 0 Å². The fraction of sp³-hybridized carbons (Fsp3) is 0.385. The molecule has 0 radical (unpaired) electrons. The predicted octanol–water partition coefficient (Wildman–Crippen LogP) is 0.817. The molecule has 0 saturated carbocycles. The first kappa shape index (κ1) is 16.3. The molecule has 2 N–H and O–H groups in total. The Morgan fingerprint density at radius 2 is 1.80 bits per heavy atom. The number of carboxylic acids is 1. The summed E-state index contributed by atoms with van der Waals surface area (Å²) in [4.78, 5) is 22.3. The zero-order chi connectivity index (χ0) is 15.3. The number of carboxylic acid groups (broad SMARTS) is 1. The van der Waals surface area contributed by atoms with E-state index in [1.54, 1.807) is 12.1 Å². The van der Waals surface area contributed by atoms with Gasteiger partial charge in [0.1, 0.15) is 11.7 Å². The van der Waals surface area contributed by atoms with Crippen molar-refractivity contribution in [2.24, 2.45) is 5.92 Å². The molecule has 0 aliphatic rings. The molecule has 1 aromatic carbocycles. The molecule has 0 heterocycles. The highest BCUT2D eigenvalue weighted by atomic mass is 32.2. The van der Waals surface area contributed by atoms with Gasteiger partial charge in [0.05, 0.1) is 4.90 Å². The molecule has 0 amide bonds. The van der Waals surface area contributed by atoms with Crippen LogP contribution in [0, 0.1) is 5.92 Å². The van der Waals surface area contributed by atoms with Crippen LogP contribution in [0.2, 0.25) is 0 Å². The number of Topliss-reactive ketones (excluding diaryl/α,β-unsaturated/α-hetero) is 1. The van der Waals surface area contributed by atoms with Crippen LogP contribution in [0.4, 0.5) is 0 Å². The Hall–Kier alpha value is -1.73. The van der Waals surface area contributed by atoms with Gasteiger partial charge in [-0.25, -0.2) is 13.1 Å². The summed E-state index contributed by atoms with van der Waals surface area (Å²) in [6, 6.07) is 6.13. The molecule has 0 aliphatic carbocycles. The van der Waals surface area contributed by atoms with Crippen molar-refractivity contribution in [3.63, 3.8) is 0 Å². The molecule has 0 aliphatic heterocycles. The first-order chi connectivity index (χ1) is 9.27. The van der Waals surface area contributed by atoms with E-state index in [-0.39, 0.29) is 17.1 Å². The first-order valence-electron chi connectivity index (χ1n) is 6.06.